The average molecular weight is 300 g/mol. The highest BCUT2D eigenvalue weighted by molar-refractivity contribution is 5.74. The van der Waals surface area contributed by atoms with Gasteiger partial charge in [-0.3, -0.25) is 0 Å². The molecule has 0 radical (unpaired) electrons. The van der Waals surface area contributed by atoms with E-state index < -0.39 is 12.1 Å². The molecule has 0 aliphatic heterocycles. The van der Waals surface area contributed by atoms with E-state index in [9.17, 15) is 9.18 Å². The molecule has 2 nitrogen and oxygen atoms in total. The number of esters is 1. The van der Waals surface area contributed by atoms with Crippen molar-refractivity contribution >= 4 is 5.97 Å². The number of hydrogen-bond acceptors (Lipinski definition) is 2. The Morgan fingerprint density at radius 3 is 2.05 bits per heavy atom. The molecular weight excluding hydrogens is 279 g/mol. The number of rotatable bonds is 8. The van der Waals surface area contributed by atoms with E-state index >= 15 is 0 Å². The lowest BCUT2D eigenvalue weighted by atomic mass is 10.1. The molecule has 2 rings (SSSR count). The highest BCUT2D eigenvalue weighted by atomic mass is 19.1. The zero-order valence-electron chi connectivity index (χ0n) is 12.6. The van der Waals surface area contributed by atoms with E-state index in [0.717, 1.165) is 12.0 Å². The van der Waals surface area contributed by atoms with Crippen LogP contribution in [0.15, 0.2) is 60.7 Å². The van der Waals surface area contributed by atoms with E-state index in [2.05, 4.69) is 0 Å². The van der Waals surface area contributed by atoms with Gasteiger partial charge in [0.1, 0.15) is 0 Å². The predicted octanol–water partition coefficient (Wildman–Crippen LogP) is 4.13. The normalized spacial score (nSPS) is 11.9. The lowest BCUT2D eigenvalue weighted by Gasteiger charge is -2.09. The molecule has 0 spiro atoms. The fourth-order valence-corrected chi connectivity index (χ4v) is 2.24. The summed E-state index contributed by atoms with van der Waals surface area (Å²) in [5, 5.41) is 0. The molecule has 2 aromatic rings. The van der Waals surface area contributed by atoms with Crippen molar-refractivity contribution in [2.45, 2.75) is 31.9 Å². The molecule has 22 heavy (non-hydrogen) atoms. The second-order valence-corrected chi connectivity index (χ2v) is 5.25. The topological polar surface area (TPSA) is 26.3 Å². The molecule has 0 bridgehead atoms. The molecule has 0 aromatic heterocycles. The molecular formula is C19H21FO2. The lowest BCUT2D eigenvalue weighted by Crippen LogP contribution is -2.20. The third-order valence-electron chi connectivity index (χ3n) is 3.48. The summed E-state index contributed by atoms with van der Waals surface area (Å²) in [5.41, 5.74) is 2.22. The van der Waals surface area contributed by atoms with Crippen LogP contribution in [0.25, 0.3) is 0 Å². The van der Waals surface area contributed by atoms with Gasteiger partial charge in [0.05, 0.1) is 6.61 Å². The molecule has 2 aromatic carbocycles. The Bertz CT molecular complexity index is 554. The number of benzene rings is 2. The Labute approximate surface area is 130 Å². The van der Waals surface area contributed by atoms with Crippen LogP contribution in [0.1, 0.15) is 24.0 Å². The van der Waals surface area contributed by atoms with E-state index in [1.54, 1.807) is 0 Å². The number of carbonyl (C=O) groups excluding carboxylic acids is 1. The third-order valence-corrected chi connectivity index (χ3v) is 3.48. The first-order valence-electron chi connectivity index (χ1n) is 7.64. The van der Waals surface area contributed by atoms with Gasteiger partial charge in [-0.15, -0.1) is 0 Å². The van der Waals surface area contributed by atoms with E-state index in [0.29, 0.717) is 12.8 Å². The van der Waals surface area contributed by atoms with E-state index in [-0.39, 0.29) is 13.0 Å². The standard InChI is InChI=1S/C19H21FO2/c20-18(14-13-17-10-5-2-6-11-17)19(21)22-15-7-12-16-8-3-1-4-9-16/h1-6,8-11,18H,7,12-15H2. The Morgan fingerprint density at radius 1 is 0.909 bits per heavy atom. The van der Waals surface area contributed by atoms with Crippen molar-refractivity contribution in [3.8, 4) is 0 Å². The Hall–Kier alpha value is -2.16. The Morgan fingerprint density at radius 2 is 1.45 bits per heavy atom. The maximum atomic E-state index is 13.8. The van der Waals surface area contributed by atoms with E-state index in [4.69, 9.17) is 4.74 Å². The molecule has 0 amide bonds. The molecule has 0 aliphatic rings. The Balaban J connectivity index is 1.62. The molecule has 1 unspecified atom stereocenters. The number of halogens is 1. The summed E-state index contributed by atoms with van der Waals surface area (Å²) in [5.74, 6) is -0.746. The van der Waals surface area contributed by atoms with Gasteiger partial charge in [-0.2, -0.15) is 0 Å². The van der Waals surface area contributed by atoms with Gasteiger partial charge >= 0.3 is 5.97 Å². The maximum Gasteiger partial charge on any atom is 0.340 e. The maximum absolute atomic E-state index is 13.8. The summed E-state index contributed by atoms with van der Waals surface area (Å²) in [7, 11) is 0. The molecule has 0 heterocycles. The fourth-order valence-electron chi connectivity index (χ4n) is 2.24. The minimum absolute atomic E-state index is 0.168. The average Bonchev–Trinajstić information content (AvgIpc) is 2.58. The molecule has 116 valence electrons. The summed E-state index contributed by atoms with van der Waals surface area (Å²) in [4.78, 5) is 11.6. The predicted molar refractivity (Wildman–Crippen MR) is 85.4 cm³/mol. The van der Waals surface area contributed by atoms with E-state index in [1.165, 1.54) is 5.56 Å². The fraction of sp³-hybridized carbons (Fsp3) is 0.316. The second-order valence-electron chi connectivity index (χ2n) is 5.25. The van der Waals surface area contributed by atoms with Crippen molar-refractivity contribution in [3.63, 3.8) is 0 Å². The largest absolute Gasteiger partial charge is 0.464 e. The molecule has 0 saturated carbocycles. The van der Waals surface area contributed by atoms with Gasteiger partial charge in [-0.25, -0.2) is 9.18 Å². The van der Waals surface area contributed by atoms with Crippen molar-refractivity contribution in [3.05, 3.63) is 71.8 Å². The van der Waals surface area contributed by atoms with Crippen molar-refractivity contribution in [2.24, 2.45) is 0 Å². The number of carbonyl (C=O) groups is 1. The third kappa shape index (κ3) is 5.68. The van der Waals surface area contributed by atoms with Crippen molar-refractivity contribution < 1.29 is 13.9 Å². The van der Waals surface area contributed by atoms with Gasteiger partial charge < -0.3 is 4.74 Å². The van der Waals surface area contributed by atoms with Crippen molar-refractivity contribution in [2.75, 3.05) is 6.61 Å². The summed E-state index contributed by atoms with van der Waals surface area (Å²) in [6.07, 6.45) is 0.704. The first-order valence-corrected chi connectivity index (χ1v) is 7.64. The SMILES string of the molecule is O=C(OCCCc1ccccc1)C(F)CCc1ccccc1. The molecule has 0 saturated heterocycles. The summed E-state index contributed by atoms with van der Waals surface area (Å²) < 4.78 is 18.8. The van der Waals surface area contributed by atoms with Crippen molar-refractivity contribution in [1.82, 2.24) is 0 Å². The molecule has 1 atom stereocenters. The van der Waals surface area contributed by atoms with Gasteiger partial charge in [0, 0.05) is 0 Å². The lowest BCUT2D eigenvalue weighted by molar-refractivity contribution is -0.149. The zero-order valence-corrected chi connectivity index (χ0v) is 12.6. The number of hydrogen-bond donors (Lipinski definition) is 0. The van der Waals surface area contributed by atoms with Gasteiger partial charge in [0.2, 0.25) is 0 Å². The minimum atomic E-state index is -1.54. The number of aryl methyl sites for hydroxylation is 2. The monoisotopic (exact) mass is 300 g/mol. The van der Waals surface area contributed by atoms with Crippen LogP contribution in [0.2, 0.25) is 0 Å². The van der Waals surface area contributed by atoms with Gasteiger partial charge in [-0.05, 0) is 36.8 Å². The van der Waals surface area contributed by atoms with E-state index in [1.807, 2.05) is 60.7 Å². The molecule has 3 heteroatoms. The first-order chi connectivity index (χ1) is 10.8. The minimum Gasteiger partial charge on any atom is -0.464 e. The van der Waals surface area contributed by atoms with Crippen LogP contribution >= 0.6 is 0 Å². The van der Waals surface area contributed by atoms with Crippen LogP contribution < -0.4 is 0 Å². The summed E-state index contributed by atoms with van der Waals surface area (Å²) in [6.45, 7) is 0.263. The highest BCUT2D eigenvalue weighted by Gasteiger charge is 2.18. The van der Waals surface area contributed by atoms with Crippen LogP contribution in [0, 0.1) is 0 Å². The van der Waals surface area contributed by atoms with Crippen molar-refractivity contribution in [1.29, 1.82) is 0 Å². The number of ether oxygens (including phenoxy) is 1. The Kier molecular flexibility index (Phi) is 6.62. The molecule has 0 fully saturated rings. The van der Waals surface area contributed by atoms with Crippen LogP contribution in [0.3, 0.4) is 0 Å². The molecule has 0 aliphatic carbocycles. The van der Waals surface area contributed by atoms with Crippen LogP contribution in [0.5, 0.6) is 0 Å². The second kappa shape index (κ2) is 8.98. The van der Waals surface area contributed by atoms with Crippen LogP contribution in [-0.2, 0) is 22.4 Å². The first kappa shape index (κ1) is 16.2. The highest BCUT2D eigenvalue weighted by Crippen LogP contribution is 2.09. The van der Waals surface area contributed by atoms with Gasteiger partial charge in [0.15, 0.2) is 6.17 Å². The van der Waals surface area contributed by atoms with Crippen LogP contribution in [-0.4, -0.2) is 18.7 Å². The molecule has 0 N–H and O–H groups in total. The summed E-state index contributed by atoms with van der Waals surface area (Å²) in [6, 6.07) is 19.6. The zero-order chi connectivity index (χ0) is 15.6. The van der Waals surface area contributed by atoms with Gasteiger partial charge in [0.25, 0.3) is 0 Å². The summed E-state index contributed by atoms with van der Waals surface area (Å²) >= 11 is 0. The van der Waals surface area contributed by atoms with Crippen LogP contribution in [0.4, 0.5) is 4.39 Å². The number of alkyl halides is 1. The quantitative estimate of drug-likeness (QED) is 0.541. The van der Waals surface area contributed by atoms with Gasteiger partial charge in [-0.1, -0.05) is 60.7 Å². The smallest absolute Gasteiger partial charge is 0.340 e.